The molecule has 154 valence electrons. The minimum Gasteiger partial charge on any atom is -0.369 e. The lowest BCUT2D eigenvalue weighted by molar-refractivity contribution is -0.134. The normalized spacial score (nSPS) is 15.8. The van der Waals surface area contributed by atoms with Gasteiger partial charge in [0.15, 0.2) is 5.16 Å². The van der Waals surface area contributed by atoms with E-state index in [1.807, 2.05) is 40.7 Å². The van der Waals surface area contributed by atoms with E-state index in [0.717, 1.165) is 11.4 Å². The molecule has 1 fully saturated rings. The summed E-state index contributed by atoms with van der Waals surface area (Å²) in [6.07, 6.45) is 3.74. The van der Waals surface area contributed by atoms with Gasteiger partial charge in [-0.2, -0.15) is 0 Å². The maximum atomic E-state index is 12.9. The summed E-state index contributed by atoms with van der Waals surface area (Å²) in [5, 5.41) is 9.10. The van der Waals surface area contributed by atoms with Gasteiger partial charge in [-0.25, -0.2) is 0 Å². The van der Waals surface area contributed by atoms with E-state index in [4.69, 9.17) is 5.73 Å². The highest BCUT2D eigenvalue weighted by Crippen LogP contribution is 2.26. The quantitative estimate of drug-likeness (QED) is 0.529. The Hall–Kier alpha value is -2.61. The third-order valence-electron chi connectivity index (χ3n) is 5.15. The lowest BCUT2D eigenvalue weighted by Gasteiger charge is -2.32. The summed E-state index contributed by atoms with van der Waals surface area (Å²) in [5.41, 5.74) is 6.54. The first kappa shape index (κ1) is 21.1. The van der Waals surface area contributed by atoms with E-state index in [2.05, 4.69) is 28.9 Å². The second-order valence-electron chi connectivity index (χ2n) is 7.22. The van der Waals surface area contributed by atoms with Crippen molar-refractivity contribution in [1.82, 2.24) is 19.7 Å². The first-order valence-electron chi connectivity index (χ1n) is 9.81. The van der Waals surface area contributed by atoms with Gasteiger partial charge in [0.25, 0.3) is 0 Å². The number of benzene rings is 1. The number of thioether (sulfide) groups is 1. The summed E-state index contributed by atoms with van der Waals surface area (Å²) in [4.78, 5) is 26.0. The van der Waals surface area contributed by atoms with Crippen molar-refractivity contribution in [2.45, 2.75) is 43.1 Å². The Bertz CT molecular complexity index is 859. The number of allylic oxidation sites excluding steroid dienone is 1. The van der Waals surface area contributed by atoms with Crippen LogP contribution in [0.25, 0.3) is 0 Å². The number of aromatic nitrogens is 3. The zero-order valence-corrected chi connectivity index (χ0v) is 17.5. The first-order chi connectivity index (χ1) is 14.0. The molecule has 1 aliphatic rings. The van der Waals surface area contributed by atoms with E-state index < -0.39 is 0 Å². The van der Waals surface area contributed by atoms with Gasteiger partial charge in [0.2, 0.25) is 11.8 Å². The molecule has 1 atom stereocenters. The van der Waals surface area contributed by atoms with Gasteiger partial charge < -0.3 is 15.2 Å². The largest absolute Gasteiger partial charge is 0.369 e. The number of nitrogens with zero attached hydrogens (tertiary/aromatic N) is 4. The van der Waals surface area contributed by atoms with Crippen LogP contribution in [0.5, 0.6) is 0 Å². The summed E-state index contributed by atoms with van der Waals surface area (Å²) in [6, 6.07) is 10.1. The molecule has 7 nitrogen and oxygen atoms in total. The van der Waals surface area contributed by atoms with Crippen LogP contribution in [0.3, 0.4) is 0 Å². The zero-order valence-electron chi connectivity index (χ0n) is 16.7. The molecule has 2 heterocycles. The molecule has 1 saturated heterocycles. The third kappa shape index (κ3) is 5.26. The van der Waals surface area contributed by atoms with Crippen LogP contribution in [0.2, 0.25) is 0 Å². The van der Waals surface area contributed by atoms with Crippen molar-refractivity contribution in [1.29, 1.82) is 0 Å². The zero-order chi connectivity index (χ0) is 20.8. The molecular weight excluding hydrogens is 386 g/mol. The predicted octanol–water partition coefficient (Wildman–Crippen LogP) is 2.26. The van der Waals surface area contributed by atoms with Gasteiger partial charge in [0.05, 0.1) is 5.25 Å². The topological polar surface area (TPSA) is 94.1 Å². The van der Waals surface area contributed by atoms with Gasteiger partial charge in [-0.15, -0.1) is 16.8 Å². The van der Waals surface area contributed by atoms with Crippen molar-refractivity contribution in [2.75, 3.05) is 13.1 Å². The molecule has 1 unspecified atom stereocenters. The molecule has 0 aliphatic carbocycles. The molecule has 2 amide bonds. The highest BCUT2D eigenvalue weighted by Gasteiger charge is 2.29. The van der Waals surface area contributed by atoms with E-state index in [1.54, 1.807) is 0 Å². The molecule has 8 heteroatoms. The van der Waals surface area contributed by atoms with Gasteiger partial charge >= 0.3 is 0 Å². The fourth-order valence-electron chi connectivity index (χ4n) is 3.48. The van der Waals surface area contributed by atoms with Crippen molar-refractivity contribution in [3.63, 3.8) is 0 Å². The molecular formula is C21H27N5O2S. The second-order valence-corrected chi connectivity index (χ2v) is 8.53. The number of amides is 2. The van der Waals surface area contributed by atoms with Gasteiger partial charge in [0, 0.05) is 32.0 Å². The summed E-state index contributed by atoms with van der Waals surface area (Å²) in [5.74, 6) is 0.498. The van der Waals surface area contributed by atoms with Gasteiger partial charge in [-0.05, 0) is 25.3 Å². The fraction of sp³-hybridized carbons (Fsp3) is 0.429. The summed E-state index contributed by atoms with van der Waals surface area (Å²) >= 11 is 1.41. The van der Waals surface area contributed by atoms with Gasteiger partial charge in [-0.3, -0.25) is 9.59 Å². The predicted molar refractivity (Wildman–Crippen MR) is 113 cm³/mol. The number of primary amides is 1. The van der Waals surface area contributed by atoms with Crippen LogP contribution in [-0.4, -0.2) is 49.8 Å². The Morgan fingerprint density at radius 1 is 1.28 bits per heavy atom. The third-order valence-corrected chi connectivity index (χ3v) is 6.22. The number of rotatable bonds is 8. The van der Waals surface area contributed by atoms with Gasteiger partial charge in [0.1, 0.15) is 5.82 Å². The van der Waals surface area contributed by atoms with Crippen LogP contribution in [0.1, 0.15) is 31.2 Å². The van der Waals surface area contributed by atoms with E-state index in [-0.39, 0.29) is 23.0 Å². The first-order valence-corrected chi connectivity index (χ1v) is 10.7. The van der Waals surface area contributed by atoms with Crippen LogP contribution < -0.4 is 5.73 Å². The van der Waals surface area contributed by atoms with Crippen molar-refractivity contribution >= 4 is 23.6 Å². The van der Waals surface area contributed by atoms with Crippen LogP contribution >= 0.6 is 11.8 Å². The van der Waals surface area contributed by atoms with Crippen molar-refractivity contribution in [2.24, 2.45) is 11.7 Å². The molecule has 29 heavy (non-hydrogen) atoms. The van der Waals surface area contributed by atoms with Gasteiger partial charge in [-0.1, -0.05) is 48.2 Å². The minimum atomic E-state index is -0.294. The van der Waals surface area contributed by atoms with Crippen molar-refractivity contribution < 1.29 is 9.59 Å². The van der Waals surface area contributed by atoms with Crippen LogP contribution in [-0.2, 0) is 22.6 Å². The number of piperidine rings is 1. The van der Waals surface area contributed by atoms with Crippen LogP contribution in [0.15, 0.2) is 48.1 Å². The van der Waals surface area contributed by atoms with E-state index in [0.29, 0.717) is 44.1 Å². The second kappa shape index (κ2) is 9.73. The molecule has 0 saturated carbocycles. The molecule has 0 radical (unpaired) electrons. The maximum Gasteiger partial charge on any atom is 0.235 e. The molecule has 1 aromatic heterocycles. The molecule has 1 aliphatic heterocycles. The van der Waals surface area contributed by atoms with Crippen LogP contribution in [0, 0.1) is 5.92 Å². The maximum absolute atomic E-state index is 12.9. The SMILES string of the molecule is C=CCn1c(Cc2ccccc2)nnc1SC(C)C(=O)N1CCC(C(N)=O)CC1. The van der Waals surface area contributed by atoms with E-state index in [1.165, 1.54) is 11.8 Å². The average molecular weight is 414 g/mol. The summed E-state index contributed by atoms with van der Waals surface area (Å²) < 4.78 is 2.01. The minimum absolute atomic E-state index is 0.0516. The number of hydrogen-bond acceptors (Lipinski definition) is 5. The molecule has 0 spiro atoms. The van der Waals surface area contributed by atoms with Crippen molar-refractivity contribution in [3.05, 3.63) is 54.4 Å². The number of nitrogens with two attached hydrogens (primary N) is 1. The Morgan fingerprint density at radius 2 is 1.97 bits per heavy atom. The molecule has 3 rings (SSSR count). The standard InChI is InChI=1S/C21H27N5O2S/c1-3-11-26-18(14-16-7-5-4-6-8-16)23-24-21(26)29-15(2)20(28)25-12-9-17(10-13-25)19(22)27/h3-8,15,17H,1,9-14H2,2H3,(H2,22,27). The lowest BCUT2D eigenvalue weighted by Crippen LogP contribution is -2.44. The van der Waals surface area contributed by atoms with E-state index >= 15 is 0 Å². The summed E-state index contributed by atoms with van der Waals surface area (Å²) in [7, 11) is 0. The fourth-order valence-corrected chi connectivity index (χ4v) is 4.44. The highest BCUT2D eigenvalue weighted by atomic mass is 32.2. The van der Waals surface area contributed by atoms with Crippen molar-refractivity contribution in [3.8, 4) is 0 Å². The number of likely N-dealkylation sites (tertiary alicyclic amines) is 1. The Morgan fingerprint density at radius 3 is 2.59 bits per heavy atom. The highest BCUT2D eigenvalue weighted by molar-refractivity contribution is 8.00. The number of hydrogen-bond donors (Lipinski definition) is 1. The molecule has 2 N–H and O–H groups in total. The average Bonchev–Trinajstić information content (AvgIpc) is 3.09. The Balaban J connectivity index is 1.66. The molecule has 2 aromatic rings. The number of carbonyl (C=O) groups is 2. The smallest absolute Gasteiger partial charge is 0.235 e. The van der Waals surface area contributed by atoms with Crippen LogP contribution in [0.4, 0.5) is 0 Å². The Kier molecular flexibility index (Phi) is 7.09. The molecule has 1 aromatic carbocycles. The lowest BCUT2D eigenvalue weighted by atomic mass is 9.96. The monoisotopic (exact) mass is 413 g/mol. The Labute approximate surface area is 175 Å². The molecule has 0 bridgehead atoms. The number of carbonyl (C=O) groups excluding carboxylic acids is 2. The summed E-state index contributed by atoms with van der Waals surface area (Å²) in [6.45, 7) is 7.44. The van der Waals surface area contributed by atoms with E-state index in [9.17, 15) is 9.59 Å².